The molecule has 2 rings (SSSR count). The molecule has 0 amide bonds. The van der Waals surface area contributed by atoms with Crippen molar-refractivity contribution in [2.45, 2.75) is 18.2 Å². The van der Waals surface area contributed by atoms with Crippen LogP contribution < -0.4 is 4.18 Å². The smallest absolute Gasteiger partial charge is 0.340 e. The van der Waals surface area contributed by atoms with Gasteiger partial charge in [-0.05, 0) is 17.3 Å². The molecule has 1 aromatic heterocycles. The van der Waals surface area contributed by atoms with Crippen molar-refractivity contribution in [1.82, 2.24) is 5.16 Å². The molecule has 0 radical (unpaired) electrons. The topological polar surface area (TPSA) is 69.4 Å². The number of nitrogens with zero attached hydrogens (tertiary/aromatic N) is 1. The average Bonchev–Trinajstić information content (AvgIpc) is 2.77. The van der Waals surface area contributed by atoms with Gasteiger partial charge in [0, 0.05) is 12.5 Å². The van der Waals surface area contributed by atoms with Gasteiger partial charge in [0.05, 0.1) is 0 Å². The zero-order chi connectivity index (χ0) is 12.3. The molecule has 0 aliphatic heterocycles. The minimum Gasteiger partial charge on any atom is -0.358 e. The first-order chi connectivity index (χ1) is 8.12. The molecular weight excluding hydrogens is 242 g/mol. The van der Waals surface area contributed by atoms with E-state index in [9.17, 15) is 8.42 Å². The van der Waals surface area contributed by atoms with Crippen LogP contribution >= 0.6 is 0 Å². The van der Waals surface area contributed by atoms with Crippen LogP contribution in [-0.4, -0.2) is 13.6 Å². The van der Waals surface area contributed by atoms with Gasteiger partial charge in [0.25, 0.3) is 5.88 Å². The Bertz CT molecular complexity index is 589. The SMILES string of the molecule is CCc1cc(OS(=O)(=O)c2ccccc2)no1. The summed E-state index contributed by atoms with van der Waals surface area (Å²) in [5.41, 5.74) is 0. The molecule has 0 bridgehead atoms. The maximum absolute atomic E-state index is 11.8. The van der Waals surface area contributed by atoms with Crippen LogP contribution in [0.2, 0.25) is 0 Å². The summed E-state index contributed by atoms with van der Waals surface area (Å²) in [5.74, 6) is 0.522. The molecule has 0 saturated carbocycles. The summed E-state index contributed by atoms with van der Waals surface area (Å²) in [4.78, 5) is 0.0843. The summed E-state index contributed by atoms with van der Waals surface area (Å²) < 4.78 is 33.3. The third-order valence-corrected chi connectivity index (χ3v) is 3.35. The molecule has 1 aromatic carbocycles. The van der Waals surface area contributed by atoms with Crippen LogP contribution in [0.25, 0.3) is 0 Å². The highest BCUT2D eigenvalue weighted by atomic mass is 32.2. The van der Waals surface area contributed by atoms with Gasteiger partial charge < -0.3 is 8.71 Å². The molecule has 0 spiro atoms. The van der Waals surface area contributed by atoms with Gasteiger partial charge in [-0.3, -0.25) is 0 Å². The number of aromatic nitrogens is 1. The molecule has 90 valence electrons. The highest BCUT2D eigenvalue weighted by molar-refractivity contribution is 7.87. The average molecular weight is 253 g/mol. The van der Waals surface area contributed by atoms with Crippen LogP contribution in [0.5, 0.6) is 5.88 Å². The molecule has 0 aliphatic carbocycles. The molecule has 5 nitrogen and oxygen atoms in total. The van der Waals surface area contributed by atoms with Crippen LogP contribution in [-0.2, 0) is 16.5 Å². The van der Waals surface area contributed by atoms with Gasteiger partial charge in [0.1, 0.15) is 10.7 Å². The van der Waals surface area contributed by atoms with E-state index in [1.807, 2.05) is 6.92 Å². The zero-order valence-corrected chi connectivity index (χ0v) is 9.98. The Morgan fingerprint density at radius 1 is 1.29 bits per heavy atom. The first-order valence-electron chi connectivity index (χ1n) is 5.07. The van der Waals surface area contributed by atoms with Crippen LogP contribution in [0.3, 0.4) is 0 Å². The maximum atomic E-state index is 11.8. The quantitative estimate of drug-likeness (QED) is 0.779. The molecule has 0 N–H and O–H groups in total. The second kappa shape index (κ2) is 4.58. The van der Waals surface area contributed by atoms with Crippen molar-refractivity contribution >= 4 is 10.1 Å². The predicted molar refractivity (Wildman–Crippen MR) is 60.1 cm³/mol. The molecule has 0 saturated heterocycles. The zero-order valence-electron chi connectivity index (χ0n) is 9.16. The molecule has 1 heterocycles. The first-order valence-corrected chi connectivity index (χ1v) is 6.48. The van der Waals surface area contributed by atoms with Crippen molar-refractivity contribution in [2.75, 3.05) is 0 Å². The number of hydrogen-bond donors (Lipinski definition) is 0. The van der Waals surface area contributed by atoms with E-state index in [1.54, 1.807) is 18.2 Å². The van der Waals surface area contributed by atoms with Crippen molar-refractivity contribution in [3.8, 4) is 5.88 Å². The van der Waals surface area contributed by atoms with Gasteiger partial charge in [0.15, 0.2) is 0 Å². The molecule has 0 fully saturated rings. The highest BCUT2D eigenvalue weighted by Gasteiger charge is 2.18. The highest BCUT2D eigenvalue weighted by Crippen LogP contribution is 2.18. The van der Waals surface area contributed by atoms with E-state index < -0.39 is 10.1 Å². The van der Waals surface area contributed by atoms with Crippen LogP contribution in [0, 0.1) is 0 Å². The van der Waals surface area contributed by atoms with E-state index in [-0.39, 0.29) is 10.8 Å². The lowest BCUT2D eigenvalue weighted by atomic mass is 10.4. The van der Waals surface area contributed by atoms with Crippen molar-refractivity contribution in [1.29, 1.82) is 0 Å². The second-order valence-corrected chi connectivity index (χ2v) is 4.88. The first kappa shape index (κ1) is 11.7. The number of aryl methyl sites for hydroxylation is 1. The van der Waals surface area contributed by atoms with Gasteiger partial charge in [-0.15, -0.1) is 0 Å². The summed E-state index contributed by atoms with van der Waals surface area (Å²) >= 11 is 0. The number of rotatable bonds is 4. The summed E-state index contributed by atoms with van der Waals surface area (Å²) in [6, 6.07) is 9.34. The monoisotopic (exact) mass is 253 g/mol. The standard InChI is InChI=1S/C11H11NO4S/c1-2-9-8-11(12-15-9)16-17(13,14)10-6-4-3-5-7-10/h3-8H,2H2,1H3. The van der Waals surface area contributed by atoms with E-state index in [2.05, 4.69) is 5.16 Å². The van der Waals surface area contributed by atoms with E-state index in [0.717, 1.165) is 0 Å². The lowest BCUT2D eigenvalue weighted by Crippen LogP contribution is -2.09. The lowest BCUT2D eigenvalue weighted by molar-refractivity contribution is 0.361. The van der Waals surface area contributed by atoms with E-state index in [4.69, 9.17) is 8.71 Å². The Labute approximate surface area is 99.1 Å². The summed E-state index contributed by atoms with van der Waals surface area (Å²) in [6.07, 6.45) is 0.627. The number of hydrogen-bond acceptors (Lipinski definition) is 5. The Morgan fingerprint density at radius 3 is 2.59 bits per heavy atom. The second-order valence-electron chi connectivity index (χ2n) is 3.34. The Balaban J connectivity index is 2.24. The van der Waals surface area contributed by atoms with E-state index in [1.165, 1.54) is 18.2 Å². The summed E-state index contributed by atoms with van der Waals surface area (Å²) in [7, 11) is -3.83. The summed E-state index contributed by atoms with van der Waals surface area (Å²) in [6.45, 7) is 1.87. The van der Waals surface area contributed by atoms with Crippen LogP contribution in [0.4, 0.5) is 0 Å². The molecule has 0 aliphatic rings. The molecule has 0 atom stereocenters. The van der Waals surface area contributed by atoms with E-state index >= 15 is 0 Å². The van der Waals surface area contributed by atoms with Crippen molar-refractivity contribution in [3.63, 3.8) is 0 Å². The number of benzene rings is 1. The minimum atomic E-state index is -3.83. The largest absolute Gasteiger partial charge is 0.358 e. The minimum absolute atomic E-state index is 0.0503. The van der Waals surface area contributed by atoms with Crippen LogP contribution in [0.15, 0.2) is 45.8 Å². The molecule has 0 unspecified atom stereocenters. The van der Waals surface area contributed by atoms with Crippen molar-refractivity contribution < 1.29 is 17.1 Å². The van der Waals surface area contributed by atoms with Gasteiger partial charge in [-0.1, -0.05) is 25.1 Å². The van der Waals surface area contributed by atoms with Crippen molar-refractivity contribution in [3.05, 3.63) is 42.2 Å². The fourth-order valence-corrected chi connectivity index (χ4v) is 2.14. The fourth-order valence-electron chi connectivity index (χ4n) is 1.25. The molecular formula is C11H11NO4S. The van der Waals surface area contributed by atoms with Crippen molar-refractivity contribution in [2.24, 2.45) is 0 Å². The van der Waals surface area contributed by atoms with Gasteiger partial charge in [-0.25, -0.2) is 0 Å². The normalized spacial score (nSPS) is 11.4. The Hall–Kier alpha value is -1.82. The molecule has 2 aromatic rings. The third-order valence-electron chi connectivity index (χ3n) is 2.11. The lowest BCUT2D eigenvalue weighted by Gasteiger charge is -2.02. The molecule has 6 heteroatoms. The molecule has 17 heavy (non-hydrogen) atoms. The Kier molecular flexibility index (Phi) is 3.14. The summed E-state index contributed by atoms with van der Waals surface area (Å²) in [5, 5.41) is 3.52. The van der Waals surface area contributed by atoms with Crippen LogP contribution in [0.1, 0.15) is 12.7 Å². The fraction of sp³-hybridized carbons (Fsp3) is 0.182. The van der Waals surface area contributed by atoms with Gasteiger partial charge in [0.2, 0.25) is 0 Å². The predicted octanol–water partition coefficient (Wildman–Crippen LogP) is 2.00. The van der Waals surface area contributed by atoms with E-state index in [0.29, 0.717) is 12.2 Å². The maximum Gasteiger partial charge on any atom is 0.340 e. The Morgan fingerprint density at radius 2 is 2.00 bits per heavy atom. The third kappa shape index (κ3) is 2.65. The van der Waals surface area contributed by atoms with Gasteiger partial charge >= 0.3 is 10.1 Å². The van der Waals surface area contributed by atoms with Gasteiger partial charge in [-0.2, -0.15) is 8.42 Å².